The van der Waals surface area contributed by atoms with Gasteiger partial charge in [-0.15, -0.1) is 0 Å². The topological polar surface area (TPSA) is 78.9 Å². The average Bonchev–Trinajstić information content (AvgIpc) is 3.46. The predicted molar refractivity (Wildman–Crippen MR) is 353 cm³/mol. The molecular weight excluding hydrogens is 997 g/mol. The van der Waals surface area contributed by atoms with Gasteiger partial charge in [-0.05, 0) is 70.6 Å². The summed E-state index contributed by atoms with van der Waals surface area (Å²) in [6.45, 7) is 6.68. The molecule has 0 saturated heterocycles. The number of carbonyl (C=O) groups excluding carboxylic acids is 3. The van der Waals surface area contributed by atoms with Crippen LogP contribution in [-0.4, -0.2) is 37.2 Å². The van der Waals surface area contributed by atoms with E-state index >= 15 is 0 Å². The van der Waals surface area contributed by atoms with Crippen molar-refractivity contribution in [2.24, 2.45) is 0 Å². The average molecular weight is 1140 g/mol. The molecule has 0 aliphatic rings. The first-order chi connectivity index (χ1) is 40.0. The molecule has 0 aliphatic heterocycles. The summed E-state index contributed by atoms with van der Waals surface area (Å²) in [5.41, 5.74) is 0. The highest BCUT2D eigenvalue weighted by Gasteiger charge is 2.19. The van der Waals surface area contributed by atoms with Crippen molar-refractivity contribution in [3.63, 3.8) is 0 Å². The second kappa shape index (κ2) is 70.4. The Bertz CT molecular complexity index is 1310. The predicted octanol–water partition coefficient (Wildman–Crippen LogP) is 25.3. The van der Waals surface area contributed by atoms with E-state index in [2.05, 4.69) is 45.1 Å². The van der Waals surface area contributed by atoms with Gasteiger partial charge in [0.15, 0.2) is 6.10 Å². The highest BCUT2D eigenvalue weighted by molar-refractivity contribution is 5.71. The third kappa shape index (κ3) is 68.6. The van der Waals surface area contributed by atoms with Gasteiger partial charge in [0.1, 0.15) is 13.2 Å². The van der Waals surface area contributed by atoms with Crippen LogP contribution in [0.15, 0.2) is 24.3 Å². The third-order valence-corrected chi connectivity index (χ3v) is 16.9. The maximum atomic E-state index is 12.9. The van der Waals surface area contributed by atoms with E-state index in [4.69, 9.17) is 14.2 Å². The Morgan fingerprint density at radius 2 is 0.407 bits per heavy atom. The molecule has 0 spiro atoms. The van der Waals surface area contributed by atoms with E-state index < -0.39 is 6.10 Å². The Morgan fingerprint density at radius 1 is 0.235 bits per heavy atom. The van der Waals surface area contributed by atoms with Crippen LogP contribution in [0.3, 0.4) is 0 Å². The molecule has 0 aliphatic carbocycles. The van der Waals surface area contributed by atoms with Gasteiger partial charge in [-0.1, -0.05) is 353 Å². The summed E-state index contributed by atoms with van der Waals surface area (Å²) in [6, 6.07) is 0. The first-order valence-corrected chi connectivity index (χ1v) is 36.8. The summed E-state index contributed by atoms with van der Waals surface area (Å²) in [7, 11) is 0. The molecule has 478 valence electrons. The molecule has 0 saturated carbocycles. The molecule has 0 radical (unpaired) electrons. The minimum absolute atomic E-state index is 0.0723. The molecule has 0 aromatic carbocycles. The molecule has 0 heterocycles. The lowest BCUT2D eigenvalue weighted by molar-refractivity contribution is -0.167. The number of esters is 3. The van der Waals surface area contributed by atoms with E-state index in [1.54, 1.807) is 0 Å². The van der Waals surface area contributed by atoms with Crippen LogP contribution in [-0.2, 0) is 28.6 Å². The van der Waals surface area contributed by atoms with Crippen LogP contribution in [0.5, 0.6) is 0 Å². The number of hydrogen-bond donors (Lipinski definition) is 0. The SMILES string of the molecule is CCCCCC/C=C\CCCCCCCC(=O)OCC(COC(=O)CCCCCCCCCCCCCCCCCCCCCCCCCCCCCCCCCCCCC)OC(=O)CCCCCCC/C=C\CCCCCCCC. The molecule has 0 amide bonds. The first kappa shape index (κ1) is 78.9. The van der Waals surface area contributed by atoms with Crippen LogP contribution < -0.4 is 0 Å². The molecule has 0 aromatic rings. The summed E-state index contributed by atoms with van der Waals surface area (Å²) < 4.78 is 16.9. The van der Waals surface area contributed by atoms with Crippen molar-refractivity contribution >= 4 is 17.9 Å². The molecule has 0 aromatic heterocycles. The van der Waals surface area contributed by atoms with Crippen LogP contribution in [0.25, 0.3) is 0 Å². The summed E-state index contributed by atoms with van der Waals surface area (Å²) >= 11 is 0. The summed E-state index contributed by atoms with van der Waals surface area (Å²) in [5, 5.41) is 0. The lowest BCUT2D eigenvalue weighted by atomic mass is 10.0. The maximum Gasteiger partial charge on any atom is 0.306 e. The van der Waals surface area contributed by atoms with Crippen LogP contribution in [0.2, 0.25) is 0 Å². The number of allylic oxidation sites excluding steroid dienone is 4. The molecular formula is C75H142O6. The molecule has 0 bridgehead atoms. The normalized spacial score (nSPS) is 12.1. The van der Waals surface area contributed by atoms with Crippen LogP contribution >= 0.6 is 0 Å². The van der Waals surface area contributed by atoms with Gasteiger partial charge < -0.3 is 14.2 Å². The second-order valence-corrected chi connectivity index (χ2v) is 25.2. The molecule has 6 heteroatoms. The summed E-state index contributed by atoms with van der Waals surface area (Å²) in [4.78, 5) is 38.3. The quantitative estimate of drug-likeness (QED) is 0.0261. The zero-order valence-corrected chi connectivity index (χ0v) is 55.1. The van der Waals surface area contributed by atoms with E-state index in [9.17, 15) is 14.4 Å². The maximum absolute atomic E-state index is 12.9. The van der Waals surface area contributed by atoms with E-state index in [0.29, 0.717) is 19.3 Å². The van der Waals surface area contributed by atoms with Gasteiger partial charge in [-0.3, -0.25) is 14.4 Å². The number of unbranched alkanes of at least 4 members (excludes halogenated alkanes) is 54. The molecule has 1 atom stereocenters. The van der Waals surface area contributed by atoms with Crippen molar-refractivity contribution in [2.45, 2.75) is 425 Å². The van der Waals surface area contributed by atoms with Crippen molar-refractivity contribution in [3.05, 3.63) is 24.3 Å². The van der Waals surface area contributed by atoms with Crippen molar-refractivity contribution in [2.75, 3.05) is 13.2 Å². The van der Waals surface area contributed by atoms with E-state index in [1.807, 2.05) is 0 Å². The minimum Gasteiger partial charge on any atom is -0.462 e. The van der Waals surface area contributed by atoms with Gasteiger partial charge in [0.25, 0.3) is 0 Å². The van der Waals surface area contributed by atoms with Gasteiger partial charge in [-0.25, -0.2) is 0 Å². The van der Waals surface area contributed by atoms with Crippen molar-refractivity contribution in [3.8, 4) is 0 Å². The lowest BCUT2D eigenvalue weighted by Gasteiger charge is -2.18. The molecule has 0 fully saturated rings. The van der Waals surface area contributed by atoms with Crippen LogP contribution in [0, 0.1) is 0 Å². The summed E-state index contributed by atoms with van der Waals surface area (Å²) in [6.07, 6.45) is 86.7. The van der Waals surface area contributed by atoms with Crippen LogP contribution in [0.4, 0.5) is 0 Å². The Balaban J connectivity index is 4.03. The van der Waals surface area contributed by atoms with Crippen molar-refractivity contribution in [1.82, 2.24) is 0 Å². The fourth-order valence-corrected chi connectivity index (χ4v) is 11.4. The van der Waals surface area contributed by atoms with Gasteiger partial charge >= 0.3 is 17.9 Å². The molecule has 1 unspecified atom stereocenters. The monoisotopic (exact) mass is 1140 g/mol. The van der Waals surface area contributed by atoms with Gasteiger partial charge in [0, 0.05) is 19.3 Å². The van der Waals surface area contributed by atoms with Crippen molar-refractivity contribution in [1.29, 1.82) is 0 Å². The zero-order valence-electron chi connectivity index (χ0n) is 55.1. The molecule has 0 N–H and O–H groups in total. The third-order valence-electron chi connectivity index (χ3n) is 16.9. The van der Waals surface area contributed by atoms with Gasteiger partial charge in [-0.2, -0.15) is 0 Å². The number of hydrogen-bond acceptors (Lipinski definition) is 6. The Labute approximate surface area is 506 Å². The smallest absolute Gasteiger partial charge is 0.306 e. The van der Waals surface area contributed by atoms with Crippen molar-refractivity contribution < 1.29 is 28.6 Å². The Kier molecular flexibility index (Phi) is 68.5. The highest BCUT2D eigenvalue weighted by Crippen LogP contribution is 2.19. The number of ether oxygens (including phenoxy) is 3. The molecule has 6 nitrogen and oxygen atoms in total. The Morgan fingerprint density at radius 3 is 0.630 bits per heavy atom. The molecule has 81 heavy (non-hydrogen) atoms. The standard InChI is InChI=1S/C75H142O6/c1-4-7-10-13-16-19-22-25-27-28-29-30-31-32-33-34-35-36-37-38-39-40-41-42-43-44-45-46-48-50-53-56-59-62-65-68-74(77)80-71-72(70-79-73(76)67-64-61-58-55-52-49-24-21-18-15-12-9-6-3)81-75(78)69-66-63-60-57-54-51-47-26-23-20-17-14-11-8-5-2/h21,24,26,47,72H,4-20,22-23,25,27-46,48-71H2,1-3H3/b24-21-,47-26-. The van der Waals surface area contributed by atoms with Gasteiger partial charge in [0.05, 0.1) is 0 Å². The van der Waals surface area contributed by atoms with Gasteiger partial charge in [0.2, 0.25) is 0 Å². The largest absolute Gasteiger partial charge is 0.462 e. The van der Waals surface area contributed by atoms with E-state index in [0.717, 1.165) is 70.6 Å². The highest BCUT2D eigenvalue weighted by atomic mass is 16.6. The Hall–Kier alpha value is -2.11. The fourth-order valence-electron chi connectivity index (χ4n) is 11.4. The van der Waals surface area contributed by atoms with E-state index in [1.165, 1.54) is 308 Å². The second-order valence-electron chi connectivity index (χ2n) is 25.2. The number of carbonyl (C=O) groups is 3. The number of rotatable bonds is 69. The zero-order chi connectivity index (χ0) is 58.5. The minimum atomic E-state index is -0.777. The lowest BCUT2D eigenvalue weighted by Crippen LogP contribution is -2.30. The van der Waals surface area contributed by atoms with Crippen LogP contribution in [0.1, 0.15) is 419 Å². The first-order valence-electron chi connectivity index (χ1n) is 36.8. The fraction of sp³-hybridized carbons (Fsp3) is 0.907. The van der Waals surface area contributed by atoms with E-state index in [-0.39, 0.29) is 31.1 Å². The summed E-state index contributed by atoms with van der Waals surface area (Å²) in [5.74, 6) is -0.863. The molecule has 0 rings (SSSR count).